The van der Waals surface area contributed by atoms with E-state index in [4.69, 9.17) is 9.15 Å². The Morgan fingerprint density at radius 1 is 1.18 bits per heavy atom. The monoisotopic (exact) mass is 324 g/mol. The Balaban J connectivity index is 2.12. The molecular formula is C15H20N2O4S. The van der Waals surface area contributed by atoms with E-state index in [0.29, 0.717) is 17.2 Å². The van der Waals surface area contributed by atoms with Crippen LogP contribution in [0.2, 0.25) is 0 Å². The molecule has 0 saturated heterocycles. The van der Waals surface area contributed by atoms with Crippen molar-refractivity contribution < 1.29 is 17.6 Å². The third-order valence-electron chi connectivity index (χ3n) is 2.97. The minimum Gasteiger partial charge on any atom is -0.497 e. The molecule has 0 atom stereocenters. The standard InChI is InChI=1S/C15H20N2O4S/c1-15(2,3)14-17-16-13(21-14)10-22(18,19)9-11-6-5-7-12(8-11)20-4/h5-8H,9-10H2,1-4H3. The highest BCUT2D eigenvalue weighted by molar-refractivity contribution is 7.89. The van der Waals surface area contributed by atoms with E-state index < -0.39 is 9.84 Å². The Bertz CT molecular complexity index is 745. The van der Waals surface area contributed by atoms with Crippen LogP contribution < -0.4 is 4.74 Å². The van der Waals surface area contributed by atoms with Gasteiger partial charge < -0.3 is 9.15 Å². The molecule has 0 amide bonds. The zero-order valence-electron chi connectivity index (χ0n) is 13.2. The topological polar surface area (TPSA) is 82.3 Å². The average molecular weight is 324 g/mol. The molecule has 0 bridgehead atoms. The van der Waals surface area contributed by atoms with Crippen molar-refractivity contribution in [2.45, 2.75) is 37.7 Å². The molecular weight excluding hydrogens is 304 g/mol. The number of benzene rings is 1. The van der Waals surface area contributed by atoms with Crippen LogP contribution in [0.4, 0.5) is 0 Å². The first-order valence-electron chi connectivity index (χ1n) is 6.86. The number of nitrogens with zero attached hydrogens (tertiary/aromatic N) is 2. The lowest BCUT2D eigenvalue weighted by atomic mass is 9.97. The van der Waals surface area contributed by atoms with Crippen molar-refractivity contribution >= 4 is 9.84 Å². The maximum absolute atomic E-state index is 12.3. The second-order valence-corrected chi connectivity index (χ2v) is 8.20. The molecule has 0 saturated carbocycles. The fourth-order valence-electron chi connectivity index (χ4n) is 1.87. The molecule has 120 valence electrons. The summed E-state index contributed by atoms with van der Waals surface area (Å²) in [6, 6.07) is 6.97. The molecule has 0 aliphatic carbocycles. The van der Waals surface area contributed by atoms with Crippen molar-refractivity contribution in [3.63, 3.8) is 0 Å². The second-order valence-electron chi connectivity index (χ2n) is 6.13. The Morgan fingerprint density at radius 3 is 2.50 bits per heavy atom. The van der Waals surface area contributed by atoms with E-state index in [-0.39, 0.29) is 22.8 Å². The molecule has 0 aliphatic heterocycles. The molecule has 0 radical (unpaired) electrons. The third-order valence-corrected chi connectivity index (χ3v) is 4.43. The molecule has 2 aromatic rings. The highest BCUT2D eigenvalue weighted by Crippen LogP contribution is 2.22. The third kappa shape index (κ3) is 4.30. The average Bonchev–Trinajstić information content (AvgIpc) is 2.86. The van der Waals surface area contributed by atoms with E-state index in [1.807, 2.05) is 20.8 Å². The number of methoxy groups -OCH3 is 1. The summed E-state index contributed by atoms with van der Waals surface area (Å²) in [6.45, 7) is 5.78. The summed E-state index contributed by atoms with van der Waals surface area (Å²) in [5, 5.41) is 7.73. The Hall–Kier alpha value is -1.89. The lowest BCUT2D eigenvalue weighted by Crippen LogP contribution is -2.11. The lowest BCUT2D eigenvalue weighted by Gasteiger charge is -2.11. The van der Waals surface area contributed by atoms with E-state index in [2.05, 4.69) is 10.2 Å². The summed E-state index contributed by atoms with van der Waals surface area (Å²) in [7, 11) is -1.85. The minimum atomic E-state index is -3.40. The van der Waals surface area contributed by atoms with Gasteiger partial charge >= 0.3 is 0 Å². The zero-order chi connectivity index (χ0) is 16.4. The zero-order valence-corrected chi connectivity index (χ0v) is 14.0. The predicted octanol–water partition coefficient (Wildman–Crippen LogP) is 2.49. The maximum Gasteiger partial charge on any atom is 0.231 e. The van der Waals surface area contributed by atoms with Crippen molar-refractivity contribution in [1.82, 2.24) is 10.2 Å². The predicted molar refractivity (Wildman–Crippen MR) is 82.3 cm³/mol. The van der Waals surface area contributed by atoms with Gasteiger partial charge in [0, 0.05) is 5.41 Å². The molecule has 1 aromatic heterocycles. The van der Waals surface area contributed by atoms with Crippen LogP contribution in [-0.4, -0.2) is 25.7 Å². The van der Waals surface area contributed by atoms with Crippen molar-refractivity contribution in [2.24, 2.45) is 0 Å². The van der Waals surface area contributed by atoms with Crippen LogP contribution in [0, 0.1) is 0 Å². The van der Waals surface area contributed by atoms with E-state index in [0.717, 1.165) is 0 Å². The van der Waals surface area contributed by atoms with E-state index >= 15 is 0 Å². The number of aromatic nitrogens is 2. The van der Waals surface area contributed by atoms with Crippen LogP contribution >= 0.6 is 0 Å². The summed E-state index contributed by atoms with van der Waals surface area (Å²) in [4.78, 5) is 0. The van der Waals surface area contributed by atoms with Crippen molar-refractivity contribution in [3.8, 4) is 5.75 Å². The molecule has 6 nitrogen and oxygen atoms in total. The fraction of sp³-hybridized carbons (Fsp3) is 0.467. The van der Waals surface area contributed by atoms with Crippen molar-refractivity contribution in [1.29, 1.82) is 0 Å². The molecule has 22 heavy (non-hydrogen) atoms. The molecule has 1 aromatic carbocycles. The number of ether oxygens (including phenoxy) is 1. The molecule has 0 fully saturated rings. The molecule has 1 heterocycles. The van der Waals surface area contributed by atoms with Crippen LogP contribution in [0.1, 0.15) is 38.1 Å². The van der Waals surface area contributed by atoms with Gasteiger partial charge in [-0.1, -0.05) is 32.9 Å². The highest BCUT2D eigenvalue weighted by Gasteiger charge is 2.24. The van der Waals surface area contributed by atoms with Gasteiger partial charge in [0.05, 0.1) is 12.9 Å². The van der Waals surface area contributed by atoms with Crippen LogP contribution in [0.3, 0.4) is 0 Å². The smallest absolute Gasteiger partial charge is 0.231 e. The molecule has 7 heteroatoms. The van der Waals surface area contributed by atoms with Crippen LogP contribution in [-0.2, 0) is 26.8 Å². The quantitative estimate of drug-likeness (QED) is 0.840. The van der Waals surface area contributed by atoms with Gasteiger partial charge in [0.1, 0.15) is 11.5 Å². The largest absolute Gasteiger partial charge is 0.497 e. The van der Waals surface area contributed by atoms with E-state index in [1.165, 1.54) is 0 Å². The van der Waals surface area contributed by atoms with Crippen molar-refractivity contribution in [2.75, 3.05) is 7.11 Å². The first-order valence-corrected chi connectivity index (χ1v) is 8.68. The van der Waals surface area contributed by atoms with Crippen LogP contribution in [0.5, 0.6) is 5.75 Å². The minimum absolute atomic E-state index is 0.0998. The van der Waals surface area contributed by atoms with Crippen LogP contribution in [0.25, 0.3) is 0 Å². The summed E-state index contributed by atoms with van der Waals surface area (Å²) >= 11 is 0. The number of rotatable bonds is 5. The maximum atomic E-state index is 12.3. The molecule has 0 unspecified atom stereocenters. The molecule has 0 N–H and O–H groups in total. The Labute approximate surface area is 130 Å². The van der Waals surface area contributed by atoms with E-state index in [1.54, 1.807) is 31.4 Å². The molecule has 2 rings (SSSR count). The molecule has 0 aliphatic rings. The Kier molecular flexibility index (Phi) is 4.55. The summed E-state index contributed by atoms with van der Waals surface area (Å²) in [5.74, 6) is 0.803. The van der Waals surface area contributed by atoms with Crippen molar-refractivity contribution in [3.05, 3.63) is 41.6 Å². The van der Waals surface area contributed by atoms with Gasteiger partial charge in [0.25, 0.3) is 0 Å². The lowest BCUT2D eigenvalue weighted by molar-refractivity contribution is 0.377. The second kappa shape index (κ2) is 6.08. The number of sulfone groups is 1. The van der Waals surface area contributed by atoms with Gasteiger partial charge in [0.2, 0.25) is 11.8 Å². The van der Waals surface area contributed by atoms with Gasteiger partial charge in [-0.25, -0.2) is 8.42 Å². The molecule has 0 spiro atoms. The van der Waals surface area contributed by atoms with Gasteiger partial charge in [-0.2, -0.15) is 0 Å². The van der Waals surface area contributed by atoms with Gasteiger partial charge in [-0.15, -0.1) is 10.2 Å². The van der Waals surface area contributed by atoms with E-state index in [9.17, 15) is 8.42 Å². The first-order chi connectivity index (χ1) is 10.2. The van der Waals surface area contributed by atoms with Crippen LogP contribution in [0.15, 0.2) is 28.7 Å². The number of hydrogen-bond acceptors (Lipinski definition) is 6. The van der Waals surface area contributed by atoms with Gasteiger partial charge in [0.15, 0.2) is 9.84 Å². The number of hydrogen-bond donors (Lipinski definition) is 0. The van der Waals surface area contributed by atoms with Gasteiger partial charge in [-0.05, 0) is 17.7 Å². The fourth-order valence-corrected chi connectivity index (χ4v) is 3.15. The highest BCUT2D eigenvalue weighted by atomic mass is 32.2. The normalized spacial score (nSPS) is 12.4. The summed E-state index contributed by atoms with van der Waals surface area (Å²) < 4.78 is 35.1. The Morgan fingerprint density at radius 2 is 1.91 bits per heavy atom. The summed E-state index contributed by atoms with van der Waals surface area (Å²) in [5.41, 5.74) is 0.358. The SMILES string of the molecule is COc1cccc(CS(=O)(=O)Cc2nnc(C(C)(C)C)o2)c1. The van der Waals surface area contributed by atoms with Gasteiger partial charge in [-0.3, -0.25) is 0 Å². The first kappa shape index (κ1) is 16.5. The summed E-state index contributed by atoms with van der Waals surface area (Å²) in [6.07, 6.45) is 0.